The summed E-state index contributed by atoms with van der Waals surface area (Å²) < 4.78 is 14.1. The fourth-order valence-electron chi connectivity index (χ4n) is 5.67. The van der Waals surface area contributed by atoms with Gasteiger partial charge in [-0.25, -0.2) is 0 Å². The summed E-state index contributed by atoms with van der Waals surface area (Å²) in [6.07, 6.45) is 16.3. The summed E-state index contributed by atoms with van der Waals surface area (Å²) in [4.78, 5) is 67.7. The average molecular weight is 1070 g/mol. The van der Waals surface area contributed by atoms with Gasteiger partial charge in [-0.15, -0.1) is 0 Å². The van der Waals surface area contributed by atoms with Crippen LogP contribution in [0, 0.1) is 0 Å². The van der Waals surface area contributed by atoms with Crippen molar-refractivity contribution in [2.75, 3.05) is 6.54 Å². The fourth-order valence-corrected chi connectivity index (χ4v) is 6.17. The Kier molecular flexibility index (Phi) is 42.1. The maximum Gasteiger partial charge on any atom is 1.00 e. The van der Waals surface area contributed by atoms with E-state index >= 15 is 0 Å². The molecule has 22 heteroatoms. The van der Waals surface area contributed by atoms with Crippen molar-refractivity contribution in [2.24, 2.45) is 15.7 Å². The molecule has 0 aliphatic rings. The van der Waals surface area contributed by atoms with Crippen LogP contribution in [-0.4, -0.2) is 282 Å². The van der Waals surface area contributed by atoms with Crippen LogP contribution in [0.2, 0.25) is 0 Å². The number of rotatable bonds is 14. The molecule has 2 atom stereocenters. The minimum atomic E-state index is -0.695. The smallest absolute Gasteiger partial charge is 0.623 e. The number of aliphatic imine (C=N–C) groups is 2. The molecule has 0 saturated heterocycles. The van der Waals surface area contributed by atoms with E-state index in [0.29, 0.717) is 24.2 Å². The van der Waals surface area contributed by atoms with Gasteiger partial charge in [0.15, 0.2) is 0 Å². The van der Waals surface area contributed by atoms with Gasteiger partial charge in [0.05, 0.1) is 28.5 Å². The van der Waals surface area contributed by atoms with Gasteiger partial charge in [-0.05, 0) is 6.42 Å². The molecule has 3 aromatic heterocycles. The van der Waals surface area contributed by atoms with Crippen molar-refractivity contribution in [3.63, 3.8) is 0 Å². The molecule has 7 rings (SSSR count). The Bertz CT molecular complexity index is 2470. The Hall–Kier alpha value is -0.664. The van der Waals surface area contributed by atoms with E-state index in [2.05, 4.69) is 49.4 Å². The molecule has 0 bridgehead atoms. The Balaban J connectivity index is 0.000000956. The molecule has 2 N–H and O–H groups in total. The van der Waals surface area contributed by atoms with Crippen molar-refractivity contribution in [3.05, 3.63) is 216 Å². The Morgan fingerprint density at radius 3 is 1.23 bits per heavy atom. The minimum absolute atomic E-state index is 0. The van der Waals surface area contributed by atoms with Gasteiger partial charge < -0.3 is 17.1 Å². The molecule has 0 aliphatic carbocycles. The van der Waals surface area contributed by atoms with Gasteiger partial charge in [0, 0.05) is 245 Å². The van der Waals surface area contributed by atoms with Crippen LogP contribution in [0.5, 0.6) is 0 Å². The summed E-state index contributed by atoms with van der Waals surface area (Å²) in [5.41, 5.74) is 13.3. The van der Waals surface area contributed by atoms with E-state index < -0.39 is 24.0 Å². The molecule has 2 unspecified atom stereocenters. The molecule has 15 nitrogen and oxygen atoms in total. The monoisotopic (exact) mass is 1070 g/mol. The van der Waals surface area contributed by atoms with E-state index in [0.717, 1.165) is 79.0 Å². The van der Waals surface area contributed by atoms with Crippen molar-refractivity contribution in [3.8, 4) is 0 Å². The van der Waals surface area contributed by atoms with E-state index in [1.54, 1.807) is 55.8 Å². The zero-order chi connectivity index (χ0) is 47.2. The van der Waals surface area contributed by atoms with Crippen molar-refractivity contribution < 1.29 is 55.3 Å². The molecular weight excluding hydrogens is 1020 g/mol. The maximum atomic E-state index is 12.3. The van der Waals surface area contributed by atoms with Gasteiger partial charge in [0.1, 0.15) is 18.6 Å². The first kappa shape index (κ1) is 69.3. The first-order valence-corrected chi connectivity index (χ1v) is 22.2. The van der Waals surface area contributed by atoms with Crippen LogP contribution < -0.4 is 35.3 Å². The molecule has 70 heavy (non-hydrogen) atoms. The number of hydrogen-bond donors (Lipinski definition) is 1. The molecule has 0 spiro atoms. The zero-order valence-corrected chi connectivity index (χ0v) is 56.1. The average Bonchev–Trinajstić information content (AvgIpc) is 3.39. The largest absolute Gasteiger partial charge is 1.00 e. The molecule has 4 aromatic carbocycles. The van der Waals surface area contributed by atoms with Crippen LogP contribution >= 0.6 is 0 Å². The second kappa shape index (κ2) is 42.5. The third-order valence-corrected chi connectivity index (χ3v) is 9.80. The predicted molar refractivity (Wildman–Crippen MR) is 274 cm³/mol. The molecule has 0 amide bonds. The summed E-state index contributed by atoms with van der Waals surface area (Å²) in [6.45, 7) is 2.09. The predicted octanol–water partition coefficient (Wildman–Crippen LogP) is -0.227. The standard InChI is InChI=1S/C20H17N3O2.C15H13NO2.C7H9N3O2.C6H8N2.3Al.3K.Na.3H/c24-20(25)18(13-17-14-21-11-12-22-17)23-19(15-7-3-1-4-8-15)16-9-5-2-6-10-16;17-14(18)11-16-15(12-7-3-1-4-8-12)13-9-5-2-6-10-13;8-6(7(11)12)3-5-4-9-1-2-10-5;1-2-6-5-7-3-4-8-6;;;;;;;;;;/h1-12,14,18H,13H2,(H,24,25);1-10H,11H2,(H,17,18);1-2,4,6H,3,8H2,(H,11,12);3-5H,2H2,1H3;;;;;;;;;;/q;;;;3*+1;;;;+1;;;/p-3. The van der Waals surface area contributed by atoms with Crippen LogP contribution in [0.15, 0.2) is 187 Å². The number of carbonyl (C=O) groups is 3. The van der Waals surface area contributed by atoms with Crippen molar-refractivity contribution in [1.29, 1.82) is 0 Å². The summed E-state index contributed by atoms with van der Waals surface area (Å²) in [6, 6.07) is 37.9. The van der Waals surface area contributed by atoms with Gasteiger partial charge in [0.25, 0.3) is 17.9 Å². The second-order valence-electron chi connectivity index (χ2n) is 13.5. The zero-order valence-electron chi connectivity index (χ0n) is 40.5. The van der Waals surface area contributed by atoms with Crippen LogP contribution in [0.4, 0.5) is 0 Å². The summed E-state index contributed by atoms with van der Waals surface area (Å²) >= 11 is 3.45. The Labute approximate surface area is 584 Å². The number of nitrogens with two attached hydrogens (primary N) is 1. The maximum absolute atomic E-state index is 12.3. The van der Waals surface area contributed by atoms with E-state index in [-0.39, 0.29) is 196 Å². The molecule has 3 heterocycles. The molecule has 332 valence electrons. The SMILES string of the molecule is CCc1cnccn1.NC(Cc1cnccn1)C(=O)[O][AlH].O=C(CN=C(c1ccccc1)c1ccccc1)[O][AlH].O=C([O][AlH])C(Cc1cnccn1)N=C(c1ccccc1)c1ccccc1.[K].[K].[K].[Na+]. The molecule has 0 aliphatic heterocycles. The molecule has 0 fully saturated rings. The number of aryl methyl sites for hydroxylation is 1. The van der Waals surface area contributed by atoms with Crippen LogP contribution in [0.3, 0.4) is 0 Å². The van der Waals surface area contributed by atoms with Crippen LogP contribution in [-0.2, 0) is 45.0 Å². The topological polar surface area (TPSA) is 207 Å². The van der Waals surface area contributed by atoms with Gasteiger partial charge >= 0.3 is 79.4 Å². The number of nitrogens with zero attached hydrogens (tertiary/aromatic N) is 8. The number of carbonyl (C=O) groups excluding carboxylic acids is 3. The number of hydrogen-bond acceptors (Lipinski definition) is 15. The number of benzene rings is 4. The first-order valence-electron chi connectivity index (χ1n) is 20.5. The Morgan fingerprint density at radius 2 is 0.900 bits per heavy atom. The van der Waals surface area contributed by atoms with Gasteiger partial charge in [-0.2, -0.15) is 0 Å². The normalized spacial score (nSPS) is 10.1. The second-order valence-corrected chi connectivity index (χ2v) is 14.4. The van der Waals surface area contributed by atoms with Gasteiger partial charge in [0.2, 0.25) is 0 Å². The van der Waals surface area contributed by atoms with E-state index in [9.17, 15) is 14.4 Å². The molecule has 6 radical (unpaired) electrons. The number of aromatic nitrogens is 6. The third-order valence-electron chi connectivity index (χ3n) is 8.90. The van der Waals surface area contributed by atoms with E-state index in [1.165, 1.54) is 16.6 Å². The summed E-state index contributed by atoms with van der Waals surface area (Å²) in [7, 11) is 0. The van der Waals surface area contributed by atoms with E-state index in [4.69, 9.17) is 14.5 Å². The van der Waals surface area contributed by atoms with Crippen LogP contribution in [0.25, 0.3) is 0 Å². The molecular formula is C48H47Al3K3N9NaO6+. The van der Waals surface area contributed by atoms with Gasteiger partial charge in [-0.3, -0.25) is 54.3 Å². The van der Waals surface area contributed by atoms with Crippen molar-refractivity contribution in [2.45, 2.75) is 38.3 Å². The third kappa shape index (κ3) is 27.2. The molecule has 0 saturated carbocycles. The van der Waals surface area contributed by atoms with Gasteiger partial charge in [-0.1, -0.05) is 128 Å². The fraction of sp³-hybridized carbons (Fsp3) is 0.146. The first-order chi connectivity index (χ1) is 32.3. The molecule has 7 aromatic rings. The Morgan fingerprint density at radius 1 is 0.529 bits per heavy atom. The summed E-state index contributed by atoms with van der Waals surface area (Å²) in [5.74, 6) is -1.15. The van der Waals surface area contributed by atoms with Crippen molar-refractivity contribution in [1.82, 2.24) is 29.9 Å². The van der Waals surface area contributed by atoms with Crippen molar-refractivity contribution >= 4 is 233 Å². The van der Waals surface area contributed by atoms with E-state index in [1.807, 2.05) is 121 Å². The van der Waals surface area contributed by atoms with Crippen LogP contribution in [0.1, 0.15) is 46.3 Å². The summed E-state index contributed by atoms with van der Waals surface area (Å²) in [5, 5.41) is 0. The quantitative estimate of drug-likeness (QED) is 0.0851. The minimum Gasteiger partial charge on any atom is -0.623 e.